The number of hydrogen-bond acceptors (Lipinski definition) is 5. The number of aliphatic imine (C=N–C) groups is 1. The van der Waals surface area contributed by atoms with E-state index in [1.165, 1.54) is 5.56 Å². The summed E-state index contributed by atoms with van der Waals surface area (Å²) in [5.41, 5.74) is 1.18. The minimum absolute atomic E-state index is 0. The quantitative estimate of drug-likeness (QED) is 0.355. The highest BCUT2D eigenvalue weighted by molar-refractivity contribution is 14.0. The lowest BCUT2D eigenvalue weighted by molar-refractivity contribution is 0.0169. The smallest absolute Gasteiger partial charge is 0.191 e. The van der Waals surface area contributed by atoms with Gasteiger partial charge in [0.2, 0.25) is 0 Å². The van der Waals surface area contributed by atoms with Crippen molar-refractivity contribution >= 4 is 29.9 Å². The monoisotopic (exact) mass is 478 g/mol. The zero-order valence-corrected chi connectivity index (χ0v) is 18.4. The molecule has 2 rings (SSSR count). The Kier molecular flexibility index (Phi) is 10.7. The standard InChI is InChI=1S/C18H30N4O3.HI/c1-5-20-18(19-2)21-13-15(22-8-10-25-11-9-22)14-6-7-16(23-3)17(12-14)24-4;/h6-7,12,15H,5,8-11,13H2,1-4H3,(H2,19,20,21);1H. The fourth-order valence-electron chi connectivity index (χ4n) is 2.99. The summed E-state index contributed by atoms with van der Waals surface area (Å²) in [5.74, 6) is 2.29. The van der Waals surface area contributed by atoms with E-state index in [-0.39, 0.29) is 30.0 Å². The molecule has 0 aromatic heterocycles. The second-order valence-corrected chi connectivity index (χ2v) is 5.76. The first kappa shape index (κ1) is 22.8. The van der Waals surface area contributed by atoms with Crippen LogP contribution in [-0.2, 0) is 4.74 Å². The maximum absolute atomic E-state index is 5.51. The molecule has 7 nitrogen and oxygen atoms in total. The Morgan fingerprint density at radius 2 is 1.88 bits per heavy atom. The molecule has 8 heteroatoms. The number of nitrogens with zero attached hydrogens (tertiary/aromatic N) is 2. The SMILES string of the molecule is CCNC(=NC)NCC(c1ccc(OC)c(OC)c1)N1CCOCC1.I. The second-order valence-electron chi connectivity index (χ2n) is 5.76. The maximum atomic E-state index is 5.51. The lowest BCUT2D eigenvalue weighted by Gasteiger charge is -2.35. The van der Waals surface area contributed by atoms with Gasteiger partial charge in [0.25, 0.3) is 0 Å². The zero-order chi connectivity index (χ0) is 18.1. The molecular weight excluding hydrogens is 447 g/mol. The Morgan fingerprint density at radius 1 is 1.19 bits per heavy atom. The van der Waals surface area contributed by atoms with Crippen LogP contribution in [0.5, 0.6) is 11.5 Å². The Morgan fingerprint density at radius 3 is 2.46 bits per heavy atom. The molecule has 1 heterocycles. The molecule has 26 heavy (non-hydrogen) atoms. The number of ether oxygens (including phenoxy) is 3. The van der Waals surface area contributed by atoms with Gasteiger partial charge in [-0.1, -0.05) is 6.07 Å². The van der Waals surface area contributed by atoms with E-state index in [2.05, 4.69) is 39.6 Å². The second kappa shape index (κ2) is 12.2. The number of rotatable bonds is 7. The molecule has 0 spiro atoms. The van der Waals surface area contributed by atoms with Crippen molar-refractivity contribution in [3.05, 3.63) is 23.8 Å². The van der Waals surface area contributed by atoms with Crippen LogP contribution in [0.1, 0.15) is 18.5 Å². The van der Waals surface area contributed by atoms with Gasteiger partial charge < -0.3 is 24.8 Å². The van der Waals surface area contributed by atoms with E-state index in [0.29, 0.717) is 0 Å². The molecule has 0 saturated carbocycles. The molecule has 0 aliphatic carbocycles. The summed E-state index contributed by atoms with van der Waals surface area (Å²) >= 11 is 0. The lowest BCUT2D eigenvalue weighted by atomic mass is 10.0. The largest absolute Gasteiger partial charge is 0.493 e. The van der Waals surface area contributed by atoms with Gasteiger partial charge >= 0.3 is 0 Å². The third-order valence-corrected chi connectivity index (χ3v) is 4.31. The highest BCUT2D eigenvalue weighted by atomic mass is 127. The van der Waals surface area contributed by atoms with Crippen LogP contribution >= 0.6 is 24.0 Å². The molecule has 0 radical (unpaired) electrons. The predicted octanol–water partition coefficient (Wildman–Crippen LogP) is 1.88. The number of benzene rings is 1. The van der Waals surface area contributed by atoms with Gasteiger partial charge in [-0.05, 0) is 24.6 Å². The number of halogens is 1. The molecule has 1 fully saturated rings. The fraction of sp³-hybridized carbons (Fsp3) is 0.611. The molecular formula is C18H31IN4O3. The Hall–Kier alpha value is -1.26. The highest BCUT2D eigenvalue weighted by Gasteiger charge is 2.24. The van der Waals surface area contributed by atoms with Crippen molar-refractivity contribution in [2.24, 2.45) is 4.99 Å². The summed E-state index contributed by atoms with van der Waals surface area (Å²) in [6.07, 6.45) is 0. The molecule has 0 bridgehead atoms. The predicted molar refractivity (Wildman–Crippen MR) is 115 cm³/mol. The summed E-state index contributed by atoms with van der Waals surface area (Å²) < 4.78 is 16.3. The van der Waals surface area contributed by atoms with E-state index in [1.54, 1.807) is 21.3 Å². The van der Waals surface area contributed by atoms with Crippen molar-refractivity contribution in [3.63, 3.8) is 0 Å². The molecule has 1 aliphatic heterocycles. The van der Waals surface area contributed by atoms with Crippen LogP contribution in [0.2, 0.25) is 0 Å². The van der Waals surface area contributed by atoms with Crippen molar-refractivity contribution in [1.82, 2.24) is 15.5 Å². The van der Waals surface area contributed by atoms with Crippen molar-refractivity contribution in [2.75, 3.05) is 60.7 Å². The Bertz CT molecular complexity index is 565. The van der Waals surface area contributed by atoms with Gasteiger partial charge in [0, 0.05) is 33.2 Å². The molecule has 2 N–H and O–H groups in total. The van der Waals surface area contributed by atoms with Gasteiger partial charge in [0.1, 0.15) is 0 Å². The van der Waals surface area contributed by atoms with E-state index in [9.17, 15) is 0 Å². The first-order valence-electron chi connectivity index (χ1n) is 8.71. The summed E-state index contributed by atoms with van der Waals surface area (Å²) in [4.78, 5) is 6.68. The molecule has 1 aliphatic rings. The zero-order valence-electron chi connectivity index (χ0n) is 16.1. The van der Waals surface area contributed by atoms with E-state index >= 15 is 0 Å². The van der Waals surface area contributed by atoms with Crippen LogP contribution in [0.3, 0.4) is 0 Å². The summed E-state index contributed by atoms with van der Waals surface area (Å²) in [6, 6.07) is 6.30. The van der Waals surface area contributed by atoms with E-state index in [0.717, 1.165) is 56.9 Å². The van der Waals surface area contributed by atoms with Gasteiger partial charge in [-0.15, -0.1) is 24.0 Å². The highest BCUT2D eigenvalue weighted by Crippen LogP contribution is 2.32. The normalized spacial score (nSPS) is 16.4. The first-order chi connectivity index (χ1) is 12.2. The third kappa shape index (κ3) is 6.17. The first-order valence-corrected chi connectivity index (χ1v) is 8.71. The van der Waals surface area contributed by atoms with Crippen LogP contribution < -0.4 is 20.1 Å². The van der Waals surface area contributed by atoms with Gasteiger partial charge in [-0.2, -0.15) is 0 Å². The number of morpholine rings is 1. The van der Waals surface area contributed by atoms with Crippen LogP contribution in [0.15, 0.2) is 23.2 Å². The van der Waals surface area contributed by atoms with E-state index in [1.807, 2.05) is 6.07 Å². The van der Waals surface area contributed by atoms with Crippen LogP contribution in [0.25, 0.3) is 0 Å². The van der Waals surface area contributed by atoms with Gasteiger partial charge in [0.15, 0.2) is 17.5 Å². The lowest BCUT2D eigenvalue weighted by Crippen LogP contribution is -2.46. The van der Waals surface area contributed by atoms with Crippen molar-refractivity contribution in [1.29, 1.82) is 0 Å². The number of methoxy groups -OCH3 is 2. The van der Waals surface area contributed by atoms with E-state index in [4.69, 9.17) is 14.2 Å². The summed E-state index contributed by atoms with van der Waals surface area (Å²) in [6.45, 7) is 6.95. The van der Waals surface area contributed by atoms with Crippen LogP contribution in [0.4, 0.5) is 0 Å². The third-order valence-electron chi connectivity index (χ3n) is 4.31. The summed E-state index contributed by atoms with van der Waals surface area (Å²) in [5, 5.41) is 6.65. The number of guanidine groups is 1. The van der Waals surface area contributed by atoms with E-state index < -0.39 is 0 Å². The average Bonchev–Trinajstić information content (AvgIpc) is 2.67. The maximum Gasteiger partial charge on any atom is 0.191 e. The fourth-order valence-corrected chi connectivity index (χ4v) is 2.99. The Balaban J connectivity index is 0.00000338. The topological polar surface area (TPSA) is 67.4 Å². The van der Waals surface area contributed by atoms with Crippen LogP contribution in [-0.4, -0.2) is 71.5 Å². The van der Waals surface area contributed by atoms with Crippen molar-refractivity contribution in [2.45, 2.75) is 13.0 Å². The molecule has 1 atom stereocenters. The van der Waals surface area contributed by atoms with Crippen molar-refractivity contribution in [3.8, 4) is 11.5 Å². The number of nitrogens with one attached hydrogen (secondary N) is 2. The molecule has 1 saturated heterocycles. The number of hydrogen-bond donors (Lipinski definition) is 2. The molecule has 1 aromatic rings. The van der Waals surface area contributed by atoms with Gasteiger partial charge in [-0.3, -0.25) is 9.89 Å². The Labute approximate surface area is 173 Å². The molecule has 148 valence electrons. The average molecular weight is 478 g/mol. The minimum atomic E-state index is 0. The minimum Gasteiger partial charge on any atom is -0.493 e. The molecule has 0 amide bonds. The van der Waals surface area contributed by atoms with Gasteiger partial charge in [-0.25, -0.2) is 0 Å². The molecule has 1 aromatic carbocycles. The summed E-state index contributed by atoms with van der Waals surface area (Å²) in [7, 11) is 5.10. The molecule has 1 unspecified atom stereocenters. The van der Waals surface area contributed by atoms with Crippen molar-refractivity contribution < 1.29 is 14.2 Å². The van der Waals surface area contributed by atoms with Crippen LogP contribution in [0, 0.1) is 0 Å². The van der Waals surface area contributed by atoms with Gasteiger partial charge in [0.05, 0.1) is 33.5 Å².